The molecular formula is C15H11N3O3. The van der Waals surface area contributed by atoms with Crippen molar-refractivity contribution in [3.05, 3.63) is 80.4 Å². The molecule has 0 atom stereocenters. The second-order valence-electron chi connectivity index (χ2n) is 4.63. The fourth-order valence-electron chi connectivity index (χ4n) is 2.23. The molecule has 0 bridgehead atoms. The van der Waals surface area contributed by atoms with Crippen molar-refractivity contribution in [2.24, 2.45) is 0 Å². The highest BCUT2D eigenvalue weighted by Crippen LogP contribution is 2.18. The van der Waals surface area contributed by atoms with Crippen LogP contribution in [0.1, 0.15) is 11.3 Å². The van der Waals surface area contributed by atoms with Crippen LogP contribution in [0.5, 0.6) is 0 Å². The molecule has 1 aromatic heterocycles. The third kappa shape index (κ3) is 2.64. The third-order valence-corrected chi connectivity index (χ3v) is 3.23. The lowest BCUT2D eigenvalue weighted by Crippen LogP contribution is -2.13. The van der Waals surface area contributed by atoms with Crippen LogP contribution in [0.25, 0.3) is 10.9 Å². The molecule has 104 valence electrons. The fourth-order valence-corrected chi connectivity index (χ4v) is 2.23. The Bertz CT molecular complexity index is 869. The Morgan fingerprint density at radius 2 is 1.81 bits per heavy atom. The number of nitro groups is 1. The topological polar surface area (TPSA) is 88.9 Å². The second-order valence-corrected chi connectivity index (χ2v) is 4.63. The molecule has 0 saturated carbocycles. The molecule has 0 unspecified atom stereocenters. The number of aromatic amines is 1. The minimum Gasteiger partial charge on any atom is -0.305 e. The van der Waals surface area contributed by atoms with Crippen molar-refractivity contribution >= 4 is 16.6 Å². The van der Waals surface area contributed by atoms with Crippen molar-refractivity contribution in [2.75, 3.05) is 0 Å². The summed E-state index contributed by atoms with van der Waals surface area (Å²) >= 11 is 0. The average Bonchev–Trinajstić information content (AvgIpc) is 2.47. The summed E-state index contributed by atoms with van der Waals surface area (Å²) in [5, 5.41) is 11.5. The summed E-state index contributed by atoms with van der Waals surface area (Å²) in [6, 6.07) is 13.7. The number of H-pyrrole nitrogens is 1. The smallest absolute Gasteiger partial charge is 0.305 e. The zero-order chi connectivity index (χ0) is 14.8. The lowest BCUT2D eigenvalue weighted by molar-refractivity contribution is -0.384. The lowest BCUT2D eigenvalue weighted by atomic mass is 10.1. The van der Waals surface area contributed by atoms with Crippen molar-refractivity contribution in [1.29, 1.82) is 0 Å². The van der Waals surface area contributed by atoms with E-state index in [2.05, 4.69) is 9.97 Å². The predicted molar refractivity (Wildman–Crippen MR) is 78.3 cm³/mol. The van der Waals surface area contributed by atoms with Crippen molar-refractivity contribution in [1.82, 2.24) is 9.97 Å². The molecule has 6 heteroatoms. The summed E-state index contributed by atoms with van der Waals surface area (Å²) < 4.78 is 0. The summed E-state index contributed by atoms with van der Waals surface area (Å²) in [6.45, 7) is 0. The molecule has 3 aromatic rings. The van der Waals surface area contributed by atoms with Gasteiger partial charge in [-0.15, -0.1) is 0 Å². The number of hydrogen-bond acceptors (Lipinski definition) is 4. The Morgan fingerprint density at radius 3 is 2.52 bits per heavy atom. The van der Waals surface area contributed by atoms with Crippen molar-refractivity contribution in [3.63, 3.8) is 0 Å². The number of para-hydroxylation sites is 1. The molecule has 0 amide bonds. The van der Waals surface area contributed by atoms with Crippen LogP contribution in [0, 0.1) is 10.1 Å². The summed E-state index contributed by atoms with van der Waals surface area (Å²) in [6.07, 6.45) is 0.447. The molecule has 0 aliphatic rings. The minimum absolute atomic E-state index is 0.0440. The van der Waals surface area contributed by atoms with Gasteiger partial charge in [-0.3, -0.25) is 10.1 Å². The van der Waals surface area contributed by atoms with E-state index in [9.17, 15) is 14.9 Å². The second kappa shape index (κ2) is 5.16. The maximum absolute atomic E-state index is 11.6. The van der Waals surface area contributed by atoms with Crippen LogP contribution in [0.2, 0.25) is 0 Å². The predicted octanol–water partition coefficient (Wildman–Crippen LogP) is 2.42. The van der Waals surface area contributed by atoms with E-state index in [1.165, 1.54) is 12.1 Å². The molecule has 1 heterocycles. The Morgan fingerprint density at radius 1 is 1.10 bits per heavy atom. The zero-order valence-electron chi connectivity index (χ0n) is 10.9. The molecular weight excluding hydrogens is 270 g/mol. The van der Waals surface area contributed by atoms with Gasteiger partial charge >= 0.3 is 5.69 Å². The molecule has 0 saturated heterocycles. The third-order valence-electron chi connectivity index (χ3n) is 3.23. The van der Waals surface area contributed by atoms with Gasteiger partial charge in [-0.2, -0.15) is 4.98 Å². The molecule has 0 radical (unpaired) electrons. The van der Waals surface area contributed by atoms with E-state index in [4.69, 9.17) is 0 Å². The van der Waals surface area contributed by atoms with Crippen molar-refractivity contribution < 1.29 is 4.92 Å². The number of fused-ring (bicyclic) bond motifs is 1. The number of hydrogen-bond donors (Lipinski definition) is 1. The molecule has 2 aromatic carbocycles. The number of benzene rings is 2. The van der Waals surface area contributed by atoms with Crippen LogP contribution < -0.4 is 5.69 Å². The van der Waals surface area contributed by atoms with E-state index in [0.717, 1.165) is 16.5 Å². The quantitative estimate of drug-likeness (QED) is 0.589. The monoisotopic (exact) mass is 281 g/mol. The highest BCUT2D eigenvalue weighted by molar-refractivity contribution is 5.80. The number of nitrogens with zero attached hydrogens (tertiary/aromatic N) is 2. The van der Waals surface area contributed by atoms with Gasteiger partial charge in [-0.05, 0) is 11.6 Å². The Hall–Kier alpha value is -3.02. The van der Waals surface area contributed by atoms with Gasteiger partial charge in [-0.1, -0.05) is 30.3 Å². The normalized spacial score (nSPS) is 10.7. The van der Waals surface area contributed by atoms with E-state index in [0.29, 0.717) is 12.1 Å². The van der Waals surface area contributed by atoms with Gasteiger partial charge in [-0.25, -0.2) is 4.79 Å². The summed E-state index contributed by atoms with van der Waals surface area (Å²) in [5.41, 5.74) is 1.90. The molecule has 21 heavy (non-hydrogen) atoms. The summed E-state index contributed by atoms with van der Waals surface area (Å²) in [4.78, 5) is 28.5. The Balaban J connectivity index is 2.01. The Labute approximate surface area is 119 Å². The first-order valence-electron chi connectivity index (χ1n) is 6.35. The van der Waals surface area contributed by atoms with E-state index < -0.39 is 10.6 Å². The standard InChI is InChI=1S/C15H11N3O3/c19-15-16-13-4-2-1-3-12(13)14(17-15)9-10-5-7-11(8-6-10)18(20)21/h1-8H,9H2,(H,16,17,19). The first-order chi connectivity index (χ1) is 10.1. The van der Waals surface area contributed by atoms with Crippen LogP contribution in [-0.2, 0) is 6.42 Å². The van der Waals surface area contributed by atoms with Crippen LogP contribution in [0.3, 0.4) is 0 Å². The SMILES string of the molecule is O=c1nc(Cc2ccc([N+](=O)[O-])cc2)c2ccccc2[nH]1. The molecule has 0 aliphatic carbocycles. The fraction of sp³-hybridized carbons (Fsp3) is 0.0667. The largest absolute Gasteiger partial charge is 0.345 e. The summed E-state index contributed by atoms with van der Waals surface area (Å²) in [7, 11) is 0. The van der Waals surface area contributed by atoms with Gasteiger partial charge in [0.05, 0.1) is 16.1 Å². The van der Waals surface area contributed by atoms with E-state index >= 15 is 0 Å². The number of nitrogens with one attached hydrogen (secondary N) is 1. The highest BCUT2D eigenvalue weighted by atomic mass is 16.6. The van der Waals surface area contributed by atoms with Crippen LogP contribution in [-0.4, -0.2) is 14.9 Å². The zero-order valence-corrected chi connectivity index (χ0v) is 10.9. The van der Waals surface area contributed by atoms with E-state index in [1.807, 2.05) is 24.3 Å². The van der Waals surface area contributed by atoms with Gasteiger partial charge in [0.25, 0.3) is 5.69 Å². The first kappa shape index (κ1) is 13.0. The minimum atomic E-state index is -0.440. The van der Waals surface area contributed by atoms with Gasteiger partial charge in [0, 0.05) is 23.9 Å². The van der Waals surface area contributed by atoms with Crippen molar-refractivity contribution in [2.45, 2.75) is 6.42 Å². The van der Waals surface area contributed by atoms with E-state index in [-0.39, 0.29) is 5.69 Å². The molecule has 0 fully saturated rings. The molecule has 0 aliphatic heterocycles. The van der Waals surface area contributed by atoms with E-state index in [1.54, 1.807) is 12.1 Å². The molecule has 3 rings (SSSR count). The van der Waals surface area contributed by atoms with Crippen molar-refractivity contribution in [3.8, 4) is 0 Å². The highest BCUT2D eigenvalue weighted by Gasteiger charge is 2.08. The summed E-state index contributed by atoms with van der Waals surface area (Å²) in [5.74, 6) is 0. The number of rotatable bonds is 3. The number of aromatic nitrogens is 2. The molecule has 6 nitrogen and oxygen atoms in total. The van der Waals surface area contributed by atoms with Gasteiger partial charge in [0.15, 0.2) is 0 Å². The molecule has 0 spiro atoms. The number of non-ortho nitro benzene ring substituents is 1. The first-order valence-corrected chi connectivity index (χ1v) is 6.35. The molecule has 1 N–H and O–H groups in total. The van der Waals surface area contributed by atoms with Crippen LogP contribution in [0.4, 0.5) is 5.69 Å². The Kier molecular flexibility index (Phi) is 3.19. The van der Waals surface area contributed by atoms with Crippen LogP contribution >= 0.6 is 0 Å². The average molecular weight is 281 g/mol. The van der Waals surface area contributed by atoms with Gasteiger partial charge in [0.2, 0.25) is 0 Å². The lowest BCUT2D eigenvalue weighted by Gasteiger charge is -2.05. The number of nitro benzene ring substituents is 1. The maximum Gasteiger partial charge on any atom is 0.345 e. The van der Waals surface area contributed by atoms with Gasteiger partial charge in [0.1, 0.15) is 0 Å². The van der Waals surface area contributed by atoms with Crippen LogP contribution in [0.15, 0.2) is 53.3 Å². The van der Waals surface area contributed by atoms with Gasteiger partial charge < -0.3 is 4.98 Å². The maximum atomic E-state index is 11.6.